The van der Waals surface area contributed by atoms with Crippen molar-refractivity contribution in [3.05, 3.63) is 17.0 Å². The van der Waals surface area contributed by atoms with E-state index in [4.69, 9.17) is 4.74 Å². The third-order valence-electron chi connectivity index (χ3n) is 2.78. The molecule has 0 aliphatic heterocycles. The first-order valence-corrected chi connectivity index (χ1v) is 5.88. The molecule has 1 rings (SSSR count). The van der Waals surface area contributed by atoms with Crippen molar-refractivity contribution >= 4 is 0 Å². The normalized spacial score (nSPS) is 13.1. The van der Waals surface area contributed by atoms with Crippen LogP contribution in [0.15, 0.2) is 0 Å². The zero-order valence-corrected chi connectivity index (χ0v) is 10.7. The highest BCUT2D eigenvalue weighted by molar-refractivity contribution is 5.24. The highest BCUT2D eigenvalue weighted by Gasteiger charge is 2.12. The van der Waals surface area contributed by atoms with E-state index in [0.717, 1.165) is 17.8 Å². The van der Waals surface area contributed by atoms with Crippen molar-refractivity contribution in [3.8, 4) is 0 Å². The molecule has 4 nitrogen and oxygen atoms in total. The number of aryl methyl sites for hydroxylation is 1. The molecule has 1 unspecified atom stereocenters. The fourth-order valence-corrected chi connectivity index (χ4v) is 1.93. The molecule has 0 spiro atoms. The van der Waals surface area contributed by atoms with E-state index >= 15 is 0 Å². The largest absolute Gasteiger partial charge is 0.389 e. The van der Waals surface area contributed by atoms with Crippen LogP contribution >= 0.6 is 0 Å². The van der Waals surface area contributed by atoms with Crippen LogP contribution in [0.5, 0.6) is 0 Å². The summed E-state index contributed by atoms with van der Waals surface area (Å²) in [6, 6.07) is 0. The first-order chi connectivity index (χ1) is 7.60. The molecule has 0 aliphatic rings. The summed E-state index contributed by atoms with van der Waals surface area (Å²) < 4.78 is 7.05. The first-order valence-electron chi connectivity index (χ1n) is 5.88. The Labute approximate surface area is 97.2 Å². The van der Waals surface area contributed by atoms with Crippen LogP contribution in [0.1, 0.15) is 30.8 Å². The molecule has 92 valence electrons. The van der Waals surface area contributed by atoms with Crippen molar-refractivity contribution in [1.82, 2.24) is 9.78 Å². The molecule has 16 heavy (non-hydrogen) atoms. The number of aromatic nitrogens is 2. The lowest BCUT2D eigenvalue weighted by molar-refractivity contribution is 0.0312. The maximum absolute atomic E-state index is 9.75. The van der Waals surface area contributed by atoms with E-state index in [1.165, 1.54) is 5.56 Å². The van der Waals surface area contributed by atoms with E-state index < -0.39 is 6.10 Å². The first kappa shape index (κ1) is 13.2. The Balaban J connectivity index is 2.66. The van der Waals surface area contributed by atoms with Crippen LogP contribution in [0.3, 0.4) is 0 Å². The summed E-state index contributed by atoms with van der Waals surface area (Å²) in [4.78, 5) is 0. The van der Waals surface area contributed by atoms with Gasteiger partial charge >= 0.3 is 0 Å². The van der Waals surface area contributed by atoms with Gasteiger partial charge in [-0.1, -0.05) is 6.92 Å². The molecule has 1 heterocycles. The minimum atomic E-state index is -0.484. The SMILES string of the molecule is CCOCC(O)Cn1nc(C)c(CC)c1C. The van der Waals surface area contributed by atoms with Crippen LogP contribution in [-0.2, 0) is 17.7 Å². The van der Waals surface area contributed by atoms with Gasteiger partial charge < -0.3 is 9.84 Å². The molecule has 0 bridgehead atoms. The zero-order chi connectivity index (χ0) is 12.1. The molecule has 1 aromatic heterocycles. The van der Waals surface area contributed by atoms with E-state index in [1.54, 1.807) is 0 Å². The van der Waals surface area contributed by atoms with Gasteiger partial charge in [0.05, 0.1) is 24.9 Å². The predicted molar refractivity (Wildman–Crippen MR) is 63.6 cm³/mol. The quantitative estimate of drug-likeness (QED) is 0.799. The highest BCUT2D eigenvalue weighted by Crippen LogP contribution is 2.13. The predicted octanol–water partition coefficient (Wildman–Crippen LogP) is 1.46. The summed E-state index contributed by atoms with van der Waals surface area (Å²) in [7, 11) is 0. The summed E-state index contributed by atoms with van der Waals surface area (Å²) in [6.45, 7) is 9.62. The van der Waals surface area contributed by atoms with Crippen molar-refractivity contribution in [2.24, 2.45) is 0 Å². The lowest BCUT2D eigenvalue weighted by Crippen LogP contribution is -2.23. The Morgan fingerprint density at radius 3 is 2.56 bits per heavy atom. The number of ether oxygens (including phenoxy) is 1. The Morgan fingerprint density at radius 1 is 1.38 bits per heavy atom. The number of rotatable bonds is 6. The average Bonchev–Trinajstić information content (AvgIpc) is 2.51. The average molecular weight is 226 g/mol. The Morgan fingerprint density at radius 2 is 2.06 bits per heavy atom. The highest BCUT2D eigenvalue weighted by atomic mass is 16.5. The van der Waals surface area contributed by atoms with Crippen molar-refractivity contribution in [2.45, 2.75) is 46.8 Å². The second-order valence-corrected chi connectivity index (χ2v) is 4.00. The molecular formula is C12H22N2O2. The van der Waals surface area contributed by atoms with Crippen LogP contribution in [0, 0.1) is 13.8 Å². The van der Waals surface area contributed by atoms with Crippen LogP contribution in [0.4, 0.5) is 0 Å². The van der Waals surface area contributed by atoms with Gasteiger partial charge in [0, 0.05) is 12.3 Å². The number of aliphatic hydroxyl groups excluding tert-OH is 1. The van der Waals surface area contributed by atoms with Gasteiger partial charge in [0.15, 0.2) is 0 Å². The zero-order valence-electron chi connectivity index (χ0n) is 10.7. The van der Waals surface area contributed by atoms with Crippen molar-refractivity contribution in [3.63, 3.8) is 0 Å². The second kappa shape index (κ2) is 6.01. The van der Waals surface area contributed by atoms with Crippen LogP contribution in [0.2, 0.25) is 0 Å². The number of hydrogen-bond donors (Lipinski definition) is 1. The van der Waals surface area contributed by atoms with Gasteiger partial charge in [0.1, 0.15) is 0 Å². The summed E-state index contributed by atoms with van der Waals surface area (Å²) in [5.74, 6) is 0. The third-order valence-corrected chi connectivity index (χ3v) is 2.78. The number of hydrogen-bond acceptors (Lipinski definition) is 3. The molecule has 0 radical (unpaired) electrons. The maximum atomic E-state index is 9.75. The van der Waals surface area contributed by atoms with Crippen molar-refractivity contribution in [1.29, 1.82) is 0 Å². The van der Waals surface area contributed by atoms with E-state index in [9.17, 15) is 5.11 Å². The van der Waals surface area contributed by atoms with E-state index in [-0.39, 0.29) is 0 Å². The third kappa shape index (κ3) is 3.06. The van der Waals surface area contributed by atoms with Gasteiger partial charge in [-0.25, -0.2) is 0 Å². The summed E-state index contributed by atoms with van der Waals surface area (Å²) in [5, 5.41) is 14.2. The number of aliphatic hydroxyl groups is 1. The fraction of sp³-hybridized carbons (Fsp3) is 0.750. The lowest BCUT2D eigenvalue weighted by atomic mass is 10.1. The Kier molecular flexibility index (Phi) is 4.96. The van der Waals surface area contributed by atoms with Gasteiger partial charge in [-0.2, -0.15) is 5.10 Å². The fourth-order valence-electron chi connectivity index (χ4n) is 1.93. The van der Waals surface area contributed by atoms with Crippen LogP contribution in [0.25, 0.3) is 0 Å². The van der Waals surface area contributed by atoms with Crippen molar-refractivity contribution in [2.75, 3.05) is 13.2 Å². The van der Waals surface area contributed by atoms with Crippen LogP contribution in [-0.4, -0.2) is 34.2 Å². The summed E-state index contributed by atoms with van der Waals surface area (Å²) in [6.07, 6.45) is 0.502. The minimum Gasteiger partial charge on any atom is -0.389 e. The molecule has 0 saturated carbocycles. The summed E-state index contributed by atoms with van der Waals surface area (Å²) >= 11 is 0. The van der Waals surface area contributed by atoms with E-state index in [0.29, 0.717) is 19.8 Å². The Hall–Kier alpha value is -0.870. The van der Waals surface area contributed by atoms with E-state index in [2.05, 4.69) is 12.0 Å². The second-order valence-electron chi connectivity index (χ2n) is 4.00. The van der Waals surface area contributed by atoms with Gasteiger partial charge in [-0.3, -0.25) is 4.68 Å². The molecule has 1 atom stereocenters. The minimum absolute atomic E-state index is 0.371. The molecule has 0 aromatic carbocycles. The monoisotopic (exact) mass is 226 g/mol. The molecule has 1 aromatic rings. The van der Waals surface area contributed by atoms with E-state index in [1.807, 2.05) is 25.5 Å². The summed E-state index contributed by atoms with van der Waals surface area (Å²) in [5.41, 5.74) is 3.49. The smallest absolute Gasteiger partial charge is 0.0969 e. The number of nitrogens with zero attached hydrogens (tertiary/aromatic N) is 2. The van der Waals surface area contributed by atoms with Crippen LogP contribution < -0.4 is 0 Å². The molecule has 0 aliphatic carbocycles. The topological polar surface area (TPSA) is 47.3 Å². The molecule has 0 saturated heterocycles. The molecule has 1 N–H and O–H groups in total. The molecular weight excluding hydrogens is 204 g/mol. The van der Waals surface area contributed by atoms with Gasteiger partial charge in [-0.15, -0.1) is 0 Å². The van der Waals surface area contributed by atoms with Gasteiger partial charge in [0.25, 0.3) is 0 Å². The standard InChI is InChI=1S/C12H22N2O2/c1-5-12-9(3)13-14(10(12)4)7-11(15)8-16-6-2/h11,15H,5-8H2,1-4H3. The molecule has 0 amide bonds. The van der Waals surface area contributed by atoms with Gasteiger partial charge in [-0.05, 0) is 32.8 Å². The molecule has 0 fully saturated rings. The Bertz CT molecular complexity index is 334. The maximum Gasteiger partial charge on any atom is 0.0969 e. The molecule has 4 heteroatoms. The van der Waals surface area contributed by atoms with Crippen molar-refractivity contribution < 1.29 is 9.84 Å². The van der Waals surface area contributed by atoms with Gasteiger partial charge in [0.2, 0.25) is 0 Å². The lowest BCUT2D eigenvalue weighted by Gasteiger charge is -2.12.